The number of nitrogens with zero attached hydrogens (tertiary/aromatic N) is 2. The molecule has 2 bridgehead atoms. The zero-order valence-corrected chi connectivity index (χ0v) is 10.4. The van der Waals surface area contributed by atoms with E-state index in [4.69, 9.17) is 4.74 Å². The number of fused-ring (bicyclic) bond motifs is 5. The van der Waals surface area contributed by atoms with Gasteiger partial charge in [0.15, 0.2) is 5.13 Å². The molecule has 1 aromatic rings. The van der Waals surface area contributed by atoms with E-state index in [2.05, 4.69) is 4.98 Å². The van der Waals surface area contributed by atoms with E-state index in [1.54, 1.807) is 6.20 Å². The zero-order chi connectivity index (χ0) is 12.4. The molecular weight excluding hydrogens is 252 g/mol. The van der Waals surface area contributed by atoms with Gasteiger partial charge in [0, 0.05) is 11.1 Å². The van der Waals surface area contributed by atoms with Crippen LogP contribution in [0.5, 0.6) is 0 Å². The number of anilines is 1. The summed E-state index contributed by atoms with van der Waals surface area (Å²) in [5, 5.41) is 0.483. The highest BCUT2D eigenvalue weighted by Gasteiger charge is 2.61. The van der Waals surface area contributed by atoms with Crippen molar-refractivity contribution < 1.29 is 14.3 Å². The number of thiazole rings is 1. The monoisotopic (exact) mass is 262 g/mol. The summed E-state index contributed by atoms with van der Waals surface area (Å²) in [5.74, 6) is -1.04. The molecular formula is C12H10N2O3S. The minimum atomic E-state index is -0.350. The topological polar surface area (TPSA) is 59.5 Å². The van der Waals surface area contributed by atoms with Gasteiger partial charge in [-0.05, 0) is 6.92 Å². The molecule has 92 valence electrons. The summed E-state index contributed by atoms with van der Waals surface area (Å²) in [4.78, 5) is 31.1. The molecule has 4 atom stereocenters. The van der Waals surface area contributed by atoms with Crippen molar-refractivity contribution in [1.82, 2.24) is 4.98 Å². The lowest BCUT2D eigenvalue weighted by Crippen LogP contribution is -2.34. The fraction of sp³-hybridized carbons (Fsp3) is 0.417. The van der Waals surface area contributed by atoms with Crippen molar-refractivity contribution in [2.24, 2.45) is 11.8 Å². The average molecular weight is 262 g/mol. The first-order valence-corrected chi connectivity index (χ1v) is 6.62. The summed E-state index contributed by atoms with van der Waals surface area (Å²) < 4.78 is 5.57. The normalized spacial score (nSPS) is 36.8. The van der Waals surface area contributed by atoms with Crippen LogP contribution in [0.15, 0.2) is 18.3 Å². The van der Waals surface area contributed by atoms with E-state index in [9.17, 15) is 9.59 Å². The van der Waals surface area contributed by atoms with E-state index in [0.29, 0.717) is 5.13 Å². The number of carbonyl (C=O) groups excluding carboxylic acids is 2. The molecule has 6 heteroatoms. The SMILES string of the molecule is Cc1cnc(N2C(=O)[C@@H]3[C@H](C2=O)[C@H]2C=C[C@@H]3O2)s1. The maximum absolute atomic E-state index is 12.4. The van der Waals surface area contributed by atoms with Crippen LogP contribution in [-0.4, -0.2) is 29.0 Å². The lowest BCUT2D eigenvalue weighted by molar-refractivity contribution is -0.124. The first kappa shape index (κ1) is 10.4. The van der Waals surface area contributed by atoms with Crippen LogP contribution < -0.4 is 4.90 Å². The molecule has 2 fully saturated rings. The van der Waals surface area contributed by atoms with E-state index in [0.717, 1.165) is 4.88 Å². The van der Waals surface area contributed by atoms with Gasteiger partial charge in [0.2, 0.25) is 11.8 Å². The number of carbonyl (C=O) groups is 2. The molecule has 2 saturated heterocycles. The molecule has 0 aliphatic carbocycles. The third-order valence-corrected chi connectivity index (χ3v) is 4.61. The van der Waals surface area contributed by atoms with Crippen molar-refractivity contribution in [3.05, 3.63) is 23.2 Å². The number of hydrogen-bond donors (Lipinski definition) is 0. The molecule has 4 rings (SSSR count). The lowest BCUT2D eigenvalue weighted by Gasteiger charge is -2.13. The Morgan fingerprint density at radius 1 is 1.22 bits per heavy atom. The molecule has 2 amide bonds. The van der Waals surface area contributed by atoms with Crippen molar-refractivity contribution >= 4 is 28.3 Å². The van der Waals surface area contributed by atoms with E-state index in [1.165, 1.54) is 16.2 Å². The van der Waals surface area contributed by atoms with Crippen molar-refractivity contribution in [3.63, 3.8) is 0 Å². The highest BCUT2D eigenvalue weighted by molar-refractivity contribution is 7.16. The summed E-state index contributed by atoms with van der Waals surface area (Å²) in [7, 11) is 0. The molecule has 0 aromatic carbocycles. The maximum atomic E-state index is 12.4. The maximum Gasteiger partial charge on any atom is 0.242 e. The zero-order valence-electron chi connectivity index (χ0n) is 9.57. The van der Waals surface area contributed by atoms with Gasteiger partial charge < -0.3 is 4.74 Å². The quantitative estimate of drug-likeness (QED) is 0.557. The Balaban J connectivity index is 1.76. The molecule has 4 heterocycles. The standard InChI is InChI=1S/C12H10N2O3S/c1-5-4-13-12(18-5)14-10(15)8-6-2-3-7(17-6)9(8)11(14)16/h2-4,6-9H,1H3/t6-,7+,8-,9+. The molecule has 3 aliphatic rings. The van der Waals surface area contributed by atoms with E-state index >= 15 is 0 Å². The molecule has 1 aromatic heterocycles. The molecule has 18 heavy (non-hydrogen) atoms. The Morgan fingerprint density at radius 3 is 2.33 bits per heavy atom. The summed E-state index contributed by atoms with van der Waals surface area (Å²) in [6, 6.07) is 0. The number of rotatable bonds is 1. The Hall–Kier alpha value is -1.53. The summed E-state index contributed by atoms with van der Waals surface area (Å²) >= 11 is 1.37. The minimum absolute atomic E-state index is 0.170. The van der Waals surface area contributed by atoms with Crippen LogP contribution in [0.25, 0.3) is 0 Å². The Kier molecular flexibility index (Phi) is 1.89. The molecule has 0 unspecified atom stereocenters. The fourth-order valence-corrected chi connectivity index (χ4v) is 3.71. The number of hydrogen-bond acceptors (Lipinski definition) is 5. The fourth-order valence-electron chi connectivity index (χ4n) is 2.94. The smallest absolute Gasteiger partial charge is 0.242 e. The van der Waals surface area contributed by atoms with Crippen LogP contribution in [0.2, 0.25) is 0 Å². The van der Waals surface area contributed by atoms with Crippen LogP contribution in [0.1, 0.15) is 4.88 Å². The highest BCUT2D eigenvalue weighted by atomic mass is 32.1. The Bertz CT molecular complexity index is 564. The number of aryl methyl sites for hydroxylation is 1. The van der Waals surface area contributed by atoms with Gasteiger partial charge in [0.05, 0.1) is 24.0 Å². The Morgan fingerprint density at radius 2 is 1.83 bits per heavy atom. The average Bonchev–Trinajstić information content (AvgIpc) is 3.05. The van der Waals surface area contributed by atoms with Crippen LogP contribution >= 0.6 is 11.3 Å². The Labute approximate surface area is 107 Å². The highest BCUT2D eigenvalue weighted by Crippen LogP contribution is 2.46. The van der Waals surface area contributed by atoms with Crippen molar-refractivity contribution in [2.45, 2.75) is 19.1 Å². The largest absolute Gasteiger partial charge is 0.365 e. The minimum Gasteiger partial charge on any atom is -0.365 e. The summed E-state index contributed by atoms with van der Waals surface area (Å²) in [5.41, 5.74) is 0. The van der Waals surface area contributed by atoms with Crippen LogP contribution in [0.4, 0.5) is 5.13 Å². The molecule has 0 saturated carbocycles. The summed E-state index contributed by atoms with van der Waals surface area (Å²) in [6.07, 6.45) is 4.98. The van der Waals surface area contributed by atoms with Gasteiger partial charge in [-0.25, -0.2) is 9.88 Å². The van der Waals surface area contributed by atoms with E-state index in [1.807, 2.05) is 19.1 Å². The third kappa shape index (κ3) is 1.12. The van der Waals surface area contributed by atoms with Crippen LogP contribution in [0, 0.1) is 18.8 Å². The number of ether oxygens (including phenoxy) is 1. The van der Waals surface area contributed by atoms with Crippen LogP contribution in [0.3, 0.4) is 0 Å². The molecule has 0 spiro atoms. The lowest BCUT2D eigenvalue weighted by atomic mass is 9.85. The van der Waals surface area contributed by atoms with E-state index in [-0.39, 0.29) is 35.9 Å². The third-order valence-electron chi connectivity index (χ3n) is 3.71. The predicted octanol–water partition coefficient (Wildman–Crippen LogP) is 0.894. The van der Waals surface area contributed by atoms with Crippen molar-refractivity contribution in [2.75, 3.05) is 4.90 Å². The van der Waals surface area contributed by atoms with Gasteiger partial charge in [-0.2, -0.15) is 0 Å². The second kappa shape index (κ2) is 3.27. The van der Waals surface area contributed by atoms with Gasteiger partial charge >= 0.3 is 0 Å². The second-order valence-corrected chi connectivity index (χ2v) is 5.98. The van der Waals surface area contributed by atoms with Crippen molar-refractivity contribution in [1.29, 1.82) is 0 Å². The van der Waals surface area contributed by atoms with Crippen molar-refractivity contribution in [3.8, 4) is 0 Å². The van der Waals surface area contributed by atoms with Gasteiger partial charge in [0.1, 0.15) is 0 Å². The first-order chi connectivity index (χ1) is 8.66. The molecule has 0 radical (unpaired) electrons. The van der Waals surface area contributed by atoms with Gasteiger partial charge in [0.25, 0.3) is 0 Å². The second-order valence-electron chi connectivity index (χ2n) is 4.77. The first-order valence-electron chi connectivity index (χ1n) is 5.81. The number of amides is 2. The molecule has 0 N–H and O–H groups in total. The predicted molar refractivity (Wildman–Crippen MR) is 64.1 cm³/mol. The number of imide groups is 1. The summed E-state index contributed by atoms with van der Waals surface area (Å²) in [6.45, 7) is 1.90. The van der Waals surface area contributed by atoms with Gasteiger partial charge in [-0.3, -0.25) is 9.59 Å². The molecule has 3 aliphatic heterocycles. The molecule has 5 nitrogen and oxygen atoms in total. The number of aromatic nitrogens is 1. The van der Waals surface area contributed by atoms with Gasteiger partial charge in [-0.15, -0.1) is 11.3 Å². The van der Waals surface area contributed by atoms with E-state index < -0.39 is 0 Å². The van der Waals surface area contributed by atoms with Gasteiger partial charge in [-0.1, -0.05) is 12.2 Å². The van der Waals surface area contributed by atoms with Crippen LogP contribution in [-0.2, 0) is 14.3 Å².